The van der Waals surface area contributed by atoms with Crippen LogP contribution >= 0.6 is 0 Å². The van der Waals surface area contributed by atoms with Crippen molar-refractivity contribution in [3.8, 4) is 0 Å². The smallest absolute Gasteiger partial charge is 0.226 e. The van der Waals surface area contributed by atoms with Gasteiger partial charge in [0.1, 0.15) is 0 Å². The number of carbonyl (C=O) groups is 1. The first-order valence-corrected chi connectivity index (χ1v) is 6.81. The fourth-order valence-electron chi connectivity index (χ4n) is 2.46. The van der Waals surface area contributed by atoms with Crippen molar-refractivity contribution in [1.29, 1.82) is 0 Å². The SMILES string of the molecule is CCCCC(=O)N1CCCC(O)c2ccccc21. The maximum Gasteiger partial charge on any atom is 0.226 e. The third-order valence-electron chi connectivity index (χ3n) is 3.49. The zero-order chi connectivity index (χ0) is 13.0. The fraction of sp³-hybridized carbons (Fsp3) is 0.533. The lowest BCUT2D eigenvalue weighted by Gasteiger charge is -2.23. The van der Waals surface area contributed by atoms with Gasteiger partial charge in [0, 0.05) is 24.2 Å². The molecule has 1 atom stereocenters. The summed E-state index contributed by atoms with van der Waals surface area (Å²) < 4.78 is 0. The maximum absolute atomic E-state index is 12.2. The van der Waals surface area contributed by atoms with E-state index < -0.39 is 6.10 Å². The van der Waals surface area contributed by atoms with E-state index in [1.54, 1.807) is 0 Å². The molecule has 3 nitrogen and oxygen atoms in total. The molecule has 0 aromatic heterocycles. The van der Waals surface area contributed by atoms with Crippen molar-refractivity contribution in [1.82, 2.24) is 0 Å². The highest BCUT2D eigenvalue weighted by atomic mass is 16.3. The second-order valence-electron chi connectivity index (χ2n) is 4.87. The molecule has 0 saturated heterocycles. The molecule has 1 aliphatic heterocycles. The van der Waals surface area contributed by atoms with Crippen LogP contribution in [0.2, 0.25) is 0 Å². The molecule has 0 radical (unpaired) electrons. The number of carbonyl (C=O) groups excluding carboxylic acids is 1. The summed E-state index contributed by atoms with van der Waals surface area (Å²) in [5.74, 6) is 0.179. The molecule has 0 aliphatic carbocycles. The largest absolute Gasteiger partial charge is 0.388 e. The number of aliphatic hydroxyl groups is 1. The highest BCUT2D eigenvalue weighted by molar-refractivity contribution is 5.94. The number of amides is 1. The molecule has 0 saturated carbocycles. The molecule has 1 aromatic carbocycles. The van der Waals surface area contributed by atoms with E-state index in [0.717, 1.165) is 43.5 Å². The molecule has 3 heteroatoms. The molecule has 1 aliphatic rings. The van der Waals surface area contributed by atoms with Crippen LogP contribution < -0.4 is 4.90 Å². The Morgan fingerprint density at radius 1 is 1.44 bits per heavy atom. The molecule has 1 aromatic rings. The number of rotatable bonds is 3. The summed E-state index contributed by atoms with van der Waals surface area (Å²) in [5, 5.41) is 10.1. The average Bonchev–Trinajstić information content (AvgIpc) is 2.56. The van der Waals surface area contributed by atoms with Gasteiger partial charge in [-0.3, -0.25) is 4.79 Å². The summed E-state index contributed by atoms with van der Waals surface area (Å²) in [5.41, 5.74) is 1.78. The Morgan fingerprint density at radius 2 is 2.22 bits per heavy atom. The first kappa shape index (κ1) is 13.1. The van der Waals surface area contributed by atoms with Gasteiger partial charge in [0.15, 0.2) is 0 Å². The minimum atomic E-state index is -0.440. The van der Waals surface area contributed by atoms with Crippen LogP contribution in [0.3, 0.4) is 0 Å². The fourth-order valence-corrected chi connectivity index (χ4v) is 2.46. The first-order chi connectivity index (χ1) is 8.74. The lowest BCUT2D eigenvalue weighted by Crippen LogP contribution is -2.31. The van der Waals surface area contributed by atoms with Crippen LogP contribution in [0.15, 0.2) is 24.3 Å². The minimum absolute atomic E-state index is 0.179. The van der Waals surface area contributed by atoms with Crippen LogP contribution in [0.5, 0.6) is 0 Å². The van der Waals surface area contributed by atoms with Crippen molar-refractivity contribution in [2.24, 2.45) is 0 Å². The summed E-state index contributed by atoms with van der Waals surface area (Å²) in [6.45, 7) is 2.81. The monoisotopic (exact) mass is 247 g/mol. The standard InChI is InChI=1S/C15H21NO2/c1-2-3-10-15(18)16-11-6-9-14(17)12-7-4-5-8-13(12)16/h4-5,7-8,14,17H,2-3,6,9-11H2,1H3. The maximum atomic E-state index is 12.2. The van der Waals surface area contributed by atoms with Gasteiger partial charge >= 0.3 is 0 Å². The van der Waals surface area contributed by atoms with Crippen LogP contribution in [0.1, 0.15) is 50.7 Å². The van der Waals surface area contributed by atoms with Gasteiger partial charge in [0.05, 0.1) is 6.10 Å². The Bertz CT molecular complexity index is 417. The molecule has 0 spiro atoms. The van der Waals surface area contributed by atoms with Crippen molar-refractivity contribution < 1.29 is 9.90 Å². The topological polar surface area (TPSA) is 40.5 Å². The van der Waals surface area contributed by atoms with E-state index in [4.69, 9.17) is 0 Å². The van der Waals surface area contributed by atoms with E-state index in [9.17, 15) is 9.90 Å². The summed E-state index contributed by atoms with van der Waals surface area (Å²) in [7, 11) is 0. The second kappa shape index (κ2) is 6.01. The molecule has 1 N–H and O–H groups in total. The molecule has 1 unspecified atom stereocenters. The van der Waals surface area contributed by atoms with Crippen LogP contribution in [-0.4, -0.2) is 17.6 Å². The lowest BCUT2D eigenvalue weighted by atomic mass is 10.0. The summed E-state index contributed by atoms with van der Waals surface area (Å²) >= 11 is 0. The van der Waals surface area contributed by atoms with Gasteiger partial charge in [-0.15, -0.1) is 0 Å². The van der Waals surface area contributed by atoms with E-state index in [-0.39, 0.29) is 5.91 Å². The van der Waals surface area contributed by atoms with Crippen molar-refractivity contribution in [3.05, 3.63) is 29.8 Å². The molecule has 18 heavy (non-hydrogen) atoms. The van der Waals surface area contributed by atoms with E-state index >= 15 is 0 Å². The molecular weight excluding hydrogens is 226 g/mol. The number of benzene rings is 1. The molecule has 1 heterocycles. The minimum Gasteiger partial charge on any atom is -0.388 e. The molecule has 1 amide bonds. The Balaban J connectivity index is 2.25. The molecule has 0 bridgehead atoms. The van der Waals surface area contributed by atoms with Crippen molar-refractivity contribution in [2.45, 2.75) is 45.1 Å². The zero-order valence-electron chi connectivity index (χ0n) is 10.9. The lowest BCUT2D eigenvalue weighted by molar-refractivity contribution is -0.118. The average molecular weight is 247 g/mol. The van der Waals surface area contributed by atoms with Gasteiger partial charge in [-0.2, -0.15) is 0 Å². The van der Waals surface area contributed by atoms with Gasteiger partial charge in [0.25, 0.3) is 0 Å². The number of hydrogen-bond acceptors (Lipinski definition) is 2. The molecular formula is C15H21NO2. The predicted molar refractivity (Wildman–Crippen MR) is 72.5 cm³/mol. The molecule has 2 rings (SSSR count). The summed E-state index contributed by atoms with van der Waals surface area (Å²) in [6.07, 6.45) is 3.71. The second-order valence-corrected chi connectivity index (χ2v) is 4.87. The van der Waals surface area contributed by atoms with Gasteiger partial charge in [-0.25, -0.2) is 0 Å². The van der Waals surface area contributed by atoms with Gasteiger partial charge in [-0.05, 0) is 25.3 Å². The highest BCUT2D eigenvalue weighted by Gasteiger charge is 2.24. The molecule has 98 valence electrons. The van der Waals surface area contributed by atoms with Crippen molar-refractivity contribution in [3.63, 3.8) is 0 Å². The number of unbranched alkanes of at least 4 members (excludes halogenated alkanes) is 1. The number of fused-ring (bicyclic) bond motifs is 1. The van der Waals surface area contributed by atoms with E-state index in [1.165, 1.54) is 0 Å². The van der Waals surface area contributed by atoms with E-state index in [0.29, 0.717) is 6.42 Å². The highest BCUT2D eigenvalue weighted by Crippen LogP contribution is 2.32. The normalized spacial score (nSPS) is 19.2. The van der Waals surface area contributed by atoms with E-state index in [1.807, 2.05) is 29.2 Å². The summed E-state index contributed by atoms with van der Waals surface area (Å²) in [6, 6.07) is 7.71. The van der Waals surface area contributed by atoms with E-state index in [2.05, 4.69) is 6.92 Å². The van der Waals surface area contributed by atoms with Gasteiger partial charge in [-0.1, -0.05) is 31.5 Å². The number of anilines is 1. The third kappa shape index (κ3) is 2.72. The van der Waals surface area contributed by atoms with Crippen molar-refractivity contribution in [2.75, 3.05) is 11.4 Å². The quantitative estimate of drug-likeness (QED) is 0.891. The molecule has 0 fully saturated rings. The van der Waals surface area contributed by atoms with Crippen LogP contribution in [0.4, 0.5) is 5.69 Å². The van der Waals surface area contributed by atoms with Crippen molar-refractivity contribution >= 4 is 11.6 Å². The van der Waals surface area contributed by atoms with Gasteiger partial charge < -0.3 is 10.0 Å². The third-order valence-corrected chi connectivity index (χ3v) is 3.49. The Morgan fingerprint density at radius 3 is 3.00 bits per heavy atom. The predicted octanol–water partition coefficient (Wildman–Crippen LogP) is 3.04. The van der Waals surface area contributed by atoms with Crippen LogP contribution in [0, 0.1) is 0 Å². The Kier molecular flexibility index (Phi) is 4.37. The number of hydrogen-bond donors (Lipinski definition) is 1. The number of aliphatic hydroxyl groups excluding tert-OH is 1. The number of nitrogens with zero attached hydrogens (tertiary/aromatic N) is 1. The summed E-state index contributed by atoms with van der Waals surface area (Å²) in [4.78, 5) is 14.1. The Labute approximate surface area is 108 Å². The van der Waals surface area contributed by atoms with Crippen LogP contribution in [0.25, 0.3) is 0 Å². The Hall–Kier alpha value is -1.35. The zero-order valence-corrected chi connectivity index (χ0v) is 10.9. The van der Waals surface area contributed by atoms with Gasteiger partial charge in [0.2, 0.25) is 5.91 Å². The number of para-hydroxylation sites is 1. The van der Waals surface area contributed by atoms with Crippen LogP contribution in [-0.2, 0) is 4.79 Å². The first-order valence-electron chi connectivity index (χ1n) is 6.81.